The standard InChI is InChI=1S/C13H16O6/c14-6-8-10-11(9(15)12(16)17-8)19-13(18-10)7-4-2-1-3-5-7/h1-5,8-16H,6H2. The van der Waals surface area contributed by atoms with E-state index in [2.05, 4.69) is 0 Å². The van der Waals surface area contributed by atoms with Gasteiger partial charge in [-0.3, -0.25) is 0 Å². The molecule has 2 heterocycles. The molecule has 3 rings (SSSR count). The van der Waals surface area contributed by atoms with Crippen molar-refractivity contribution in [3.05, 3.63) is 35.9 Å². The minimum atomic E-state index is -1.38. The van der Waals surface area contributed by atoms with E-state index in [9.17, 15) is 15.3 Å². The van der Waals surface area contributed by atoms with Crippen LogP contribution in [0.4, 0.5) is 0 Å². The van der Waals surface area contributed by atoms with Crippen LogP contribution in [0.1, 0.15) is 11.9 Å². The van der Waals surface area contributed by atoms with E-state index >= 15 is 0 Å². The van der Waals surface area contributed by atoms with Gasteiger partial charge < -0.3 is 29.5 Å². The summed E-state index contributed by atoms with van der Waals surface area (Å²) in [4.78, 5) is 0. The highest BCUT2D eigenvalue weighted by Gasteiger charge is 2.52. The van der Waals surface area contributed by atoms with E-state index in [1.165, 1.54) is 0 Å². The minimum Gasteiger partial charge on any atom is -0.394 e. The highest BCUT2D eigenvalue weighted by Crippen LogP contribution is 2.38. The van der Waals surface area contributed by atoms with Gasteiger partial charge in [-0.1, -0.05) is 30.3 Å². The first kappa shape index (κ1) is 13.0. The molecule has 6 unspecified atom stereocenters. The van der Waals surface area contributed by atoms with Gasteiger partial charge >= 0.3 is 0 Å². The van der Waals surface area contributed by atoms with Crippen LogP contribution in [0, 0.1) is 0 Å². The first-order chi connectivity index (χ1) is 9.20. The molecule has 0 amide bonds. The van der Waals surface area contributed by atoms with Crippen LogP contribution in [0.25, 0.3) is 0 Å². The zero-order valence-electron chi connectivity index (χ0n) is 10.1. The molecule has 0 spiro atoms. The van der Waals surface area contributed by atoms with E-state index in [1.807, 2.05) is 30.3 Å². The van der Waals surface area contributed by atoms with E-state index < -0.39 is 37.0 Å². The average molecular weight is 268 g/mol. The lowest BCUT2D eigenvalue weighted by Crippen LogP contribution is -2.57. The molecule has 0 aliphatic carbocycles. The van der Waals surface area contributed by atoms with Crippen molar-refractivity contribution in [3.63, 3.8) is 0 Å². The van der Waals surface area contributed by atoms with E-state index in [1.54, 1.807) is 0 Å². The molecule has 1 aromatic carbocycles. The normalized spacial score (nSPS) is 42.1. The van der Waals surface area contributed by atoms with Gasteiger partial charge in [-0.05, 0) is 0 Å². The number of ether oxygens (including phenoxy) is 3. The lowest BCUT2D eigenvalue weighted by atomic mass is 10.00. The van der Waals surface area contributed by atoms with Crippen LogP contribution in [0.3, 0.4) is 0 Å². The summed E-state index contributed by atoms with van der Waals surface area (Å²) in [5, 5.41) is 28.7. The van der Waals surface area contributed by atoms with E-state index in [0.717, 1.165) is 5.56 Å². The van der Waals surface area contributed by atoms with Gasteiger partial charge in [0.2, 0.25) is 0 Å². The number of benzene rings is 1. The Morgan fingerprint density at radius 3 is 2.32 bits per heavy atom. The van der Waals surface area contributed by atoms with E-state index in [0.29, 0.717) is 0 Å². The van der Waals surface area contributed by atoms with Crippen LogP contribution in [-0.4, -0.2) is 52.6 Å². The first-order valence-corrected chi connectivity index (χ1v) is 6.19. The number of hydrogen-bond acceptors (Lipinski definition) is 6. The molecule has 2 aliphatic heterocycles. The maximum absolute atomic E-state index is 9.86. The number of fused-ring (bicyclic) bond motifs is 1. The van der Waals surface area contributed by atoms with Gasteiger partial charge in [-0.25, -0.2) is 0 Å². The summed E-state index contributed by atoms with van der Waals surface area (Å²) in [6.07, 6.45) is -5.23. The Balaban J connectivity index is 1.81. The Labute approximate surface area is 110 Å². The third-order valence-corrected chi connectivity index (χ3v) is 3.45. The lowest BCUT2D eigenvalue weighted by Gasteiger charge is -2.36. The molecule has 0 saturated carbocycles. The summed E-state index contributed by atoms with van der Waals surface area (Å²) in [5.41, 5.74) is 0.815. The number of hydrogen-bond donors (Lipinski definition) is 3. The second kappa shape index (κ2) is 5.16. The van der Waals surface area contributed by atoms with Crippen LogP contribution in [0.5, 0.6) is 0 Å². The molecule has 104 valence electrons. The van der Waals surface area contributed by atoms with Crippen LogP contribution in [0.15, 0.2) is 30.3 Å². The topological polar surface area (TPSA) is 88.4 Å². The zero-order chi connectivity index (χ0) is 13.4. The molecular weight excluding hydrogens is 252 g/mol. The summed E-state index contributed by atoms with van der Waals surface area (Å²) in [5.74, 6) is 0. The van der Waals surface area contributed by atoms with Crippen molar-refractivity contribution in [2.45, 2.75) is 37.0 Å². The molecular formula is C13H16O6. The predicted octanol–water partition coefficient (Wildman–Crippen LogP) is -0.460. The van der Waals surface area contributed by atoms with E-state index in [-0.39, 0.29) is 6.61 Å². The molecule has 6 atom stereocenters. The van der Waals surface area contributed by atoms with Crippen molar-refractivity contribution < 1.29 is 29.5 Å². The van der Waals surface area contributed by atoms with Gasteiger partial charge in [0.25, 0.3) is 0 Å². The molecule has 3 N–H and O–H groups in total. The SMILES string of the molecule is OCC1OC(O)C(O)C2OC(c3ccccc3)OC12. The summed E-state index contributed by atoms with van der Waals surface area (Å²) in [6, 6.07) is 9.29. The fraction of sp³-hybridized carbons (Fsp3) is 0.538. The van der Waals surface area contributed by atoms with Crippen LogP contribution in [-0.2, 0) is 14.2 Å². The molecule has 19 heavy (non-hydrogen) atoms. The monoisotopic (exact) mass is 268 g/mol. The van der Waals surface area contributed by atoms with Gasteiger partial charge in [-0.2, -0.15) is 0 Å². The maximum atomic E-state index is 9.86. The largest absolute Gasteiger partial charge is 0.394 e. The van der Waals surface area contributed by atoms with Gasteiger partial charge in [0, 0.05) is 5.56 Å². The highest BCUT2D eigenvalue weighted by molar-refractivity contribution is 5.17. The second-order valence-corrected chi connectivity index (χ2v) is 4.68. The lowest BCUT2D eigenvalue weighted by molar-refractivity contribution is -0.264. The van der Waals surface area contributed by atoms with Crippen LogP contribution < -0.4 is 0 Å². The van der Waals surface area contributed by atoms with Crippen molar-refractivity contribution in [2.75, 3.05) is 6.61 Å². The van der Waals surface area contributed by atoms with Gasteiger partial charge in [0.1, 0.15) is 24.4 Å². The van der Waals surface area contributed by atoms with Crippen molar-refractivity contribution in [3.8, 4) is 0 Å². The smallest absolute Gasteiger partial charge is 0.184 e. The van der Waals surface area contributed by atoms with Crippen molar-refractivity contribution in [2.24, 2.45) is 0 Å². The second-order valence-electron chi connectivity index (χ2n) is 4.68. The Kier molecular flexibility index (Phi) is 3.53. The molecule has 2 fully saturated rings. The Morgan fingerprint density at radius 1 is 0.947 bits per heavy atom. The van der Waals surface area contributed by atoms with Crippen molar-refractivity contribution in [1.29, 1.82) is 0 Å². The Hall–Kier alpha value is -1.02. The highest BCUT2D eigenvalue weighted by atomic mass is 16.8. The number of aliphatic hydroxyl groups is 3. The fourth-order valence-electron chi connectivity index (χ4n) is 2.46. The summed E-state index contributed by atoms with van der Waals surface area (Å²) < 4.78 is 16.4. The van der Waals surface area contributed by atoms with Gasteiger partial charge in [-0.15, -0.1) is 0 Å². The average Bonchev–Trinajstić information content (AvgIpc) is 2.89. The molecule has 6 heteroatoms. The predicted molar refractivity (Wildman–Crippen MR) is 62.9 cm³/mol. The summed E-state index contributed by atoms with van der Waals surface area (Å²) in [7, 11) is 0. The first-order valence-electron chi connectivity index (χ1n) is 6.19. The fourth-order valence-corrected chi connectivity index (χ4v) is 2.46. The zero-order valence-corrected chi connectivity index (χ0v) is 10.1. The van der Waals surface area contributed by atoms with E-state index in [4.69, 9.17) is 14.2 Å². The van der Waals surface area contributed by atoms with Gasteiger partial charge in [0.15, 0.2) is 12.6 Å². The number of aliphatic hydroxyl groups excluding tert-OH is 3. The molecule has 2 aliphatic rings. The molecule has 0 radical (unpaired) electrons. The molecule has 1 aromatic rings. The van der Waals surface area contributed by atoms with Crippen LogP contribution >= 0.6 is 0 Å². The molecule has 0 bridgehead atoms. The molecule has 0 aromatic heterocycles. The van der Waals surface area contributed by atoms with Crippen molar-refractivity contribution >= 4 is 0 Å². The minimum absolute atomic E-state index is 0.310. The maximum Gasteiger partial charge on any atom is 0.184 e. The van der Waals surface area contributed by atoms with Crippen LogP contribution in [0.2, 0.25) is 0 Å². The summed E-state index contributed by atoms with van der Waals surface area (Å²) in [6.45, 7) is -0.310. The quantitative estimate of drug-likeness (QED) is 0.672. The molecule has 2 saturated heterocycles. The van der Waals surface area contributed by atoms with Crippen molar-refractivity contribution in [1.82, 2.24) is 0 Å². The molecule has 6 nitrogen and oxygen atoms in total. The Morgan fingerprint density at radius 2 is 1.63 bits per heavy atom. The number of rotatable bonds is 2. The summed E-state index contributed by atoms with van der Waals surface area (Å²) >= 11 is 0. The third-order valence-electron chi connectivity index (χ3n) is 3.45. The Bertz CT molecular complexity index is 418. The third kappa shape index (κ3) is 2.27. The van der Waals surface area contributed by atoms with Gasteiger partial charge in [0.05, 0.1) is 6.61 Å².